The highest BCUT2D eigenvalue weighted by Gasteiger charge is 2.28. The Balaban J connectivity index is 2.31. The number of benzene rings is 1. The van der Waals surface area contributed by atoms with Gasteiger partial charge >= 0.3 is 0 Å². The summed E-state index contributed by atoms with van der Waals surface area (Å²) in [5.41, 5.74) is 0.549. The number of hydrogen-bond acceptors (Lipinski definition) is 5. The second kappa shape index (κ2) is 6.09. The summed E-state index contributed by atoms with van der Waals surface area (Å²) in [6, 6.07) is 4.85. The number of para-hydroxylation sites is 1. The van der Waals surface area contributed by atoms with E-state index >= 15 is 0 Å². The zero-order valence-corrected chi connectivity index (χ0v) is 12.5. The van der Waals surface area contributed by atoms with Crippen molar-refractivity contribution >= 4 is 17.3 Å². The second-order valence-corrected chi connectivity index (χ2v) is 5.29. The number of carbonyl (C=O) groups is 1. The van der Waals surface area contributed by atoms with Gasteiger partial charge in [-0.1, -0.05) is 6.07 Å². The van der Waals surface area contributed by atoms with Gasteiger partial charge in [-0.3, -0.25) is 14.9 Å². The van der Waals surface area contributed by atoms with Crippen LogP contribution in [0.15, 0.2) is 18.2 Å². The van der Waals surface area contributed by atoms with E-state index in [1.54, 1.807) is 24.1 Å². The highest BCUT2D eigenvalue weighted by Crippen LogP contribution is 2.29. The molecule has 1 fully saturated rings. The number of nitro groups is 1. The molecule has 0 saturated carbocycles. The predicted molar refractivity (Wildman–Crippen MR) is 80.6 cm³/mol. The fraction of sp³-hybridized carbons (Fsp3) is 0.500. The van der Waals surface area contributed by atoms with Crippen molar-refractivity contribution in [2.24, 2.45) is 0 Å². The average molecular weight is 292 g/mol. The number of hydrogen-bond donors (Lipinski definition) is 1. The molecule has 114 valence electrons. The van der Waals surface area contributed by atoms with Gasteiger partial charge < -0.3 is 15.1 Å². The van der Waals surface area contributed by atoms with Gasteiger partial charge in [0, 0.05) is 38.8 Å². The Labute approximate surface area is 123 Å². The average Bonchev–Trinajstić information content (AvgIpc) is 2.48. The van der Waals surface area contributed by atoms with Gasteiger partial charge in [-0.05, 0) is 20.0 Å². The molecule has 1 aromatic rings. The van der Waals surface area contributed by atoms with Crippen molar-refractivity contribution in [2.75, 3.05) is 39.0 Å². The lowest BCUT2D eigenvalue weighted by molar-refractivity contribution is -0.384. The number of amides is 1. The van der Waals surface area contributed by atoms with Crippen LogP contribution < -0.4 is 5.32 Å². The second-order valence-electron chi connectivity index (χ2n) is 5.29. The Morgan fingerprint density at radius 2 is 2.14 bits per heavy atom. The molecule has 0 aliphatic carbocycles. The van der Waals surface area contributed by atoms with Gasteiger partial charge in [-0.15, -0.1) is 0 Å². The van der Waals surface area contributed by atoms with Crippen LogP contribution in [0.4, 0.5) is 11.4 Å². The topological polar surface area (TPSA) is 78.7 Å². The molecular formula is C14H20N4O3. The Kier molecular flexibility index (Phi) is 4.42. The summed E-state index contributed by atoms with van der Waals surface area (Å²) in [4.78, 5) is 27.2. The molecule has 1 aliphatic rings. The summed E-state index contributed by atoms with van der Waals surface area (Å²) in [5, 5.41) is 13.8. The summed E-state index contributed by atoms with van der Waals surface area (Å²) in [5.74, 6) is -0.164. The van der Waals surface area contributed by atoms with Crippen LogP contribution in [0.1, 0.15) is 17.3 Å². The van der Waals surface area contributed by atoms with E-state index in [2.05, 4.69) is 17.1 Å². The summed E-state index contributed by atoms with van der Waals surface area (Å²) in [6.07, 6.45) is 0. The molecule has 1 unspecified atom stereocenters. The van der Waals surface area contributed by atoms with Gasteiger partial charge in [0.1, 0.15) is 5.69 Å². The summed E-state index contributed by atoms with van der Waals surface area (Å²) in [7, 11) is 3.62. The first-order valence-electron chi connectivity index (χ1n) is 6.90. The third-order valence-electron chi connectivity index (χ3n) is 3.97. The maximum Gasteiger partial charge on any atom is 0.293 e. The van der Waals surface area contributed by atoms with Crippen molar-refractivity contribution in [3.05, 3.63) is 33.9 Å². The number of likely N-dealkylation sites (N-methyl/N-ethyl adjacent to an activating group) is 1. The first-order valence-corrected chi connectivity index (χ1v) is 6.90. The molecule has 7 heteroatoms. The summed E-state index contributed by atoms with van der Waals surface area (Å²) in [6.45, 7) is 4.12. The fourth-order valence-electron chi connectivity index (χ4n) is 2.54. The molecule has 2 rings (SSSR count). The number of carbonyl (C=O) groups excluding carboxylic acids is 1. The molecule has 21 heavy (non-hydrogen) atoms. The van der Waals surface area contributed by atoms with Gasteiger partial charge in [0.05, 0.1) is 10.5 Å². The van der Waals surface area contributed by atoms with E-state index in [9.17, 15) is 14.9 Å². The maximum absolute atomic E-state index is 12.7. The molecule has 1 aromatic carbocycles. The van der Waals surface area contributed by atoms with E-state index < -0.39 is 4.92 Å². The van der Waals surface area contributed by atoms with E-state index in [-0.39, 0.29) is 23.3 Å². The van der Waals surface area contributed by atoms with Crippen molar-refractivity contribution < 1.29 is 9.72 Å². The van der Waals surface area contributed by atoms with Crippen molar-refractivity contribution in [3.8, 4) is 0 Å². The molecule has 0 aromatic heterocycles. The SMILES string of the molecule is CNc1c(C(=O)N2CCN(C)C(C)C2)cccc1[N+](=O)[O-]. The van der Waals surface area contributed by atoms with Crippen molar-refractivity contribution in [1.29, 1.82) is 0 Å². The van der Waals surface area contributed by atoms with Gasteiger partial charge in [-0.2, -0.15) is 0 Å². The van der Waals surface area contributed by atoms with E-state index in [0.717, 1.165) is 6.54 Å². The Hall–Kier alpha value is -2.15. The lowest BCUT2D eigenvalue weighted by atomic mass is 10.1. The van der Waals surface area contributed by atoms with Crippen LogP contribution in [0.3, 0.4) is 0 Å². The molecule has 0 spiro atoms. The lowest BCUT2D eigenvalue weighted by Gasteiger charge is -2.37. The zero-order valence-electron chi connectivity index (χ0n) is 12.5. The van der Waals surface area contributed by atoms with Crippen LogP contribution in [0, 0.1) is 10.1 Å². The highest BCUT2D eigenvalue weighted by molar-refractivity contribution is 6.01. The van der Waals surface area contributed by atoms with E-state index in [1.165, 1.54) is 6.07 Å². The van der Waals surface area contributed by atoms with Crippen molar-refractivity contribution in [3.63, 3.8) is 0 Å². The van der Waals surface area contributed by atoms with Crippen molar-refractivity contribution in [2.45, 2.75) is 13.0 Å². The number of rotatable bonds is 3. The molecule has 7 nitrogen and oxygen atoms in total. The number of anilines is 1. The molecule has 0 bridgehead atoms. The smallest absolute Gasteiger partial charge is 0.293 e. The molecule has 1 amide bonds. The van der Waals surface area contributed by atoms with Crippen LogP contribution in [0.5, 0.6) is 0 Å². The van der Waals surface area contributed by atoms with Crippen LogP contribution in [-0.4, -0.2) is 60.4 Å². The highest BCUT2D eigenvalue weighted by atomic mass is 16.6. The Morgan fingerprint density at radius 3 is 2.71 bits per heavy atom. The lowest BCUT2D eigenvalue weighted by Crippen LogP contribution is -2.52. The molecule has 0 radical (unpaired) electrons. The van der Waals surface area contributed by atoms with Crippen LogP contribution in [0.25, 0.3) is 0 Å². The molecule has 1 N–H and O–H groups in total. The minimum Gasteiger partial charge on any atom is -0.382 e. The van der Waals surface area contributed by atoms with Gasteiger partial charge in [0.2, 0.25) is 0 Å². The summed E-state index contributed by atoms with van der Waals surface area (Å²) >= 11 is 0. The molecule has 1 aliphatic heterocycles. The van der Waals surface area contributed by atoms with E-state index in [0.29, 0.717) is 18.7 Å². The third kappa shape index (κ3) is 2.97. The first-order chi connectivity index (χ1) is 9.95. The van der Waals surface area contributed by atoms with E-state index in [1.807, 2.05) is 7.05 Å². The van der Waals surface area contributed by atoms with Crippen LogP contribution >= 0.6 is 0 Å². The number of nitrogens with one attached hydrogen (secondary N) is 1. The Bertz CT molecular complexity index is 561. The van der Waals surface area contributed by atoms with Gasteiger partial charge in [-0.25, -0.2) is 0 Å². The molecule has 1 atom stereocenters. The quantitative estimate of drug-likeness (QED) is 0.673. The van der Waals surface area contributed by atoms with E-state index in [4.69, 9.17) is 0 Å². The zero-order chi connectivity index (χ0) is 15.6. The number of nitro benzene ring substituents is 1. The number of nitrogens with zero attached hydrogens (tertiary/aromatic N) is 3. The molecule has 1 saturated heterocycles. The minimum atomic E-state index is -0.477. The van der Waals surface area contributed by atoms with Gasteiger partial charge in [0.15, 0.2) is 0 Å². The monoisotopic (exact) mass is 292 g/mol. The first kappa shape index (κ1) is 15.2. The van der Waals surface area contributed by atoms with Crippen molar-refractivity contribution in [1.82, 2.24) is 9.80 Å². The number of piperazine rings is 1. The third-order valence-corrected chi connectivity index (χ3v) is 3.97. The maximum atomic E-state index is 12.7. The van der Waals surface area contributed by atoms with Crippen LogP contribution in [-0.2, 0) is 0 Å². The standard InChI is InChI=1S/C14H20N4O3/c1-10-9-17(8-7-16(10)3)14(19)11-5-4-6-12(18(20)21)13(11)15-2/h4-6,10,15H,7-9H2,1-3H3. The normalized spacial score (nSPS) is 19.4. The largest absolute Gasteiger partial charge is 0.382 e. The fourth-order valence-corrected chi connectivity index (χ4v) is 2.54. The molecular weight excluding hydrogens is 272 g/mol. The molecule has 1 heterocycles. The van der Waals surface area contributed by atoms with Gasteiger partial charge in [0.25, 0.3) is 11.6 Å². The Morgan fingerprint density at radius 1 is 1.43 bits per heavy atom. The van der Waals surface area contributed by atoms with Crippen LogP contribution in [0.2, 0.25) is 0 Å². The predicted octanol–water partition coefficient (Wildman–Crippen LogP) is 1.41. The minimum absolute atomic E-state index is 0.0782. The summed E-state index contributed by atoms with van der Waals surface area (Å²) < 4.78 is 0.